The van der Waals surface area contributed by atoms with Crippen LogP contribution >= 0.6 is 0 Å². The Labute approximate surface area is 118 Å². The summed E-state index contributed by atoms with van der Waals surface area (Å²) >= 11 is 0. The van der Waals surface area contributed by atoms with E-state index in [1.165, 1.54) is 4.68 Å². The Morgan fingerprint density at radius 3 is 2.30 bits per heavy atom. The largest absolute Gasteiger partial charge is 0.476 e. The van der Waals surface area contributed by atoms with Crippen molar-refractivity contribution in [2.24, 2.45) is 0 Å². The van der Waals surface area contributed by atoms with Gasteiger partial charge in [-0.1, -0.05) is 26.0 Å². The van der Waals surface area contributed by atoms with Gasteiger partial charge in [0.05, 0.1) is 23.2 Å². The summed E-state index contributed by atoms with van der Waals surface area (Å²) in [6.07, 6.45) is 0. The molecule has 0 bridgehead atoms. The standard InChI is InChI=1S/C12H21N3O4S/c1-8(2)20(18,19)7-6-15-10(12(3,4)5)9(11(16)17)13-14-15/h8H,6-7H2,1-5H3,(H,16,17). The molecule has 0 unspecified atom stereocenters. The summed E-state index contributed by atoms with van der Waals surface area (Å²) in [6.45, 7) is 8.85. The molecule has 0 aliphatic heterocycles. The Kier molecular flexibility index (Phi) is 4.58. The SMILES string of the molecule is CC(C)S(=O)(=O)CCn1nnc(C(=O)O)c1C(C)(C)C. The average Bonchev–Trinajstić information content (AvgIpc) is 2.69. The molecule has 0 aromatic carbocycles. The van der Waals surface area contributed by atoms with Crippen LogP contribution in [0.3, 0.4) is 0 Å². The van der Waals surface area contributed by atoms with Crippen LogP contribution in [0.5, 0.6) is 0 Å². The van der Waals surface area contributed by atoms with Crippen LogP contribution in [0.15, 0.2) is 0 Å². The van der Waals surface area contributed by atoms with Crippen LogP contribution in [0.1, 0.15) is 50.8 Å². The molecule has 0 saturated heterocycles. The molecule has 1 aromatic rings. The minimum atomic E-state index is -3.21. The van der Waals surface area contributed by atoms with E-state index in [-0.39, 0.29) is 18.0 Å². The van der Waals surface area contributed by atoms with Crippen molar-refractivity contribution >= 4 is 15.8 Å². The second-order valence-electron chi connectivity index (χ2n) is 5.98. The maximum Gasteiger partial charge on any atom is 0.358 e. The molecular formula is C12H21N3O4S. The van der Waals surface area contributed by atoms with E-state index in [0.29, 0.717) is 5.69 Å². The van der Waals surface area contributed by atoms with E-state index in [4.69, 9.17) is 5.11 Å². The van der Waals surface area contributed by atoms with Gasteiger partial charge in [0.1, 0.15) is 0 Å². The topological polar surface area (TPSA) is 102 Å². The molecule has 8 heteroatoms. The van der Waals surface area contributed by atoms with E-state index in [0.717, 1.165) is 0 Å². The number of carbonyl (C=O) groups is 1. The fraction of sp³-hybridized carbons (Fsp3) is 0.750. The van der Waals surface area contributed by atoms with Gasteiger partial charge in [0.25, 0.3) is 0 Å². The number of carboxylic acids is 1. The smallest absolute Gasteiger partial charge is 0.358 e. The predicted molar refractivity (Wildman–Crippen MR) is 74.6 cm³/mol. The molecule has 0 saturated carbocycles. The molecule has 7 nitrogen and oxygen atoms in total. The maximum absolute atomic E-state index is 11.8. The summed E-state index contributed by atoms with van der Waals surface area (Å²) in [5.41, 5.74) is -0.179. The summed E-state index contributed by atoms with van der Waals surface area (Å²) in [5, 5.41) is 16.1. The van der Waals surface area contributed by atoms with Crippen LogP contribution in [0, 0.1) is 0 Å². The van der Waals surface area contributed by atoms with Gasteiger partial charge >= 0.3 is 5.97 Å². The van der Waals surface area contributed by atoms with Crippen molar-refractivity contribution in [2.75, 3.05) is 5.75 Å². The molecule has 1 heterocycles. The molecule has 1 rings (SSSR count). The minimum Gasteiger partial charge on any atom is -0.476 e. The first kappa shape index (κ1) is 16.6. The van der Waals surface area contributed by atoms with Gasteiger partial charge in [0.2, 0.25) is 0 Å². The van der Waals surface area contributed by atoms with Gasteiger partial charge in [-0.2, -0.15) is 0 Å². The number of hydrogen-bond acceptors (Lipinski definition) is 5. The lowest BCUT2D eigenvalue weighted by molar-refractivity contribution is 0.0687. The van der Waals surface area contributed by atoms with Crippen LogP contribution in [0.2, 0.25) is 0 Å². The second-order valence-corrected chi connectivity index (χ2v) is 8.66. The number of aromatic nitrogens is 3. The summed E-state index contributed by atoms with van der Waals surface area (Å²) < 4.78 is 25.0. The first-order valence-corrected chi connectivity index (χ1v) is 8.07. The summed E-state index contributed by atoms with van der Waals surface area (Å²) in [6, 6.07) is 0. The highest BCUT2D eigenvalue weighted by molar-refractivity contribution is 7.91. The minimum absolute atomic E-state index is 0.0871. The first-order chi connectivity index (χ1) is 8.97. The third-order valence-corrected chi connectivity index (χ3v) is 5.14. The Morgan fingerprint density at radius 2 is 1.90 bits per heavy atom. The fourth-order valence-corrected chi connectivity index (χ4v) is 2.70. The highest BCUT2D eigenvalue weighted by Crippen LogP contribution is 2.24. The van der Waals surface area contributed by atoms with Gasteiger partial charge in [0.15, 0.2) is 15.5 Å². The van der Waals surface area contributed by atoms with Gasteiger partial charge in [-0.15, -0.1) is 5.10 Å². The van der Waals surface area contributed by atoms with Crippen LogP contribution in [-0.2, 0) is 21.8 Å². The zero-order valence-corrected chi connectivity index (χ0v) is 13.2. The van der Waals surface area contributed by atoms with Crippen LogP contribution < -0.4 is 0 Å². The lowest BCUT2D eigenvalue weighted by atomic mass is 9.90. The monoisotopic (exact) mass is 303 g/mol. The van der Waals surface area contributed by atoms with Crippen molar-refractivity contribution in [3.8, 4) is 0 Å². The molecule has 0 atom stereocenters. The Balaban J connectivity index is 3.12. The molecule has 1 N–H and O–H groups in total. The van der Waals surface area contributed by atoms with Gasteiger partial charge in [-0.05, 0) is 13.8 Å². The molecule has 0 radical (unpaired) electrons. The Hall–Kier alpha value is -1.44. The third-order valence-electron chi connectivity index (χ3n) is 2.95. The number of aryl methyl sites for hydroxylation is 1. The van der Waals surface area contributed by atoms with Gasteiger partial charge in [-0.3, -0.25) is 0 Å². The maximum atomic E-state index is 11.8. The molecule has 114 valence electrons. The quantitative estimate of drug-likeness (QED) is 0.873. The lowest BCUT2D eigenvalue weighted by Crippen LogP contribution is -2.26. The number of aromatic carboxylic acids is 1. The first-order valence-electron chi connectivity index (χ1n) is 6.35. The molecule has 0 spiro atoms. The van der Waals surface area contributed by atoms with Gasteiger partial charge in [-0.25, -0.2) is 17.9 Å². The molecule has 0 fully saturated rings. The number of rotatable bonds is 5. The van der Waals surface area contributed by atoms with E-state index in [2.05, 4.69) is 10.3 Å². The number of sulfone groups is 1. The number of carboxylic acid groups (broad SMARTS) is 1. The van der Waals surface area contributed by atoms with Gasteiger partial charge in [0, 0.05) is 5.41 Å². The third kappa shape index (κ3) is 3.56. The highest BCUT2D eigenvalue weighted by Gasteiger charge is 2.29. The van der Waals surface area contributed by atoms with E-state index >= 15 is 0 Å². The molecule has 0 aliphatic rings. The second kappa shape index (κ2) is 5.51. The van der Waals surface area contributed by atoms with Crippen molar-refractivity contribution < 1.29 is 18.3 Å². The van der Waals surface area contributed by atoms with E-state index in [9.17, 15) is 13.2 Å². The summed E-state index contributed by atoms with van der Waals surface area (Å²) in [4.78, 5) is 11.2. The fourth-order valence-electron chi connectivity index (χ4n) is 1.81. The van der Waals surface area contributed by atoms with Crippen molar-refractivity contribution in [1.82, 2.24) is 15.0 Å². The highest BCUT2D eigenvalue weighted by atomic mass is 32.2. The average molecular weight is 303 g/mol. The molecule has 0 amide bonds. The molecular weight excluding hydrogens is 282 g/mol. The molecule has 0 aliphatic carbocycles. The molecule has 20 heavy (non-hydrogen) atoms. The Bertz CT molecular complexity index is 597. The Morgan fingerprint density at radius 1 is 1.35 bits per heavy atom. The van der Waals surface area contributed by atoms with E-state index in [1.54, 1.807) is 13.8 Å². The number of hydrogen-bond donors (Lipinski definition) is 1. The summed E-state index contributed by atoms with van der Waals surface area (Å²) in [7, 11) is -3.21. The zero-order valence-electron chi connectivity index (χ0n) is 12.4. The number of nitrogens with zero attached hydrogens (tertiary/aromatic N) is 3. The summed E-state index contributed by atoms with van der Waals surface area (Å²) in [5.74, 6) is -1.25. The predicted octanol–water partition coefficient (Wildman–Crippen LogP) is 1.10. The van der Waals surface area contributed by atoms with Crippen molar-refractivity contribution in [1.29, 1.82) is 0 Å². The van der Waals surface area contributed by atoms with Gasteiger partial charge < -0.3 is 5.11 Å². The van der Waals surface area contributed by atoms with Crippen molar-refractivity contribution in [3.63, 3.8) is 0 Å². The normalized spacial score (nSPS) is 12.9. The van der Waals surface area contributed by atoms with Crippen molar-refractivity contribution in [2.45, 2.75) is 51.8 Å². The van der Waals surface area contributed by atoms with Crippen LogP contribution in [0.25, 0.3) is 0 Å². The van der Waals surface area contributed by atoms with E-state index < -0.39 is 26.5 Å². The van der Waals surface area contributed by atoms with Crippen LogP contribution in [-0.4, -0.2) is 45.5 Å². The lowest BCUT2D eigenvalue weighted by Gasteiger charge is -2.20. The molecule has 1 aromatic heterocycles. The van der Waals surface area contributed by atoms with E-state index in [1.807, 2.05) is 20.8 Å². The zero-order chi connectivity index (χ0) is 15.7. The van der Waals surface area contributed by atoms with Crippen molar-refractivity contribution in [3.05, 3.63) is 11.4 Å². The van der Waals surface area contributed by atoms with Crippen LogP contribution in [0.4, 0.5) is 0 Å².